The number of H-pyrrole nitrogens is 1. The molecule has 4 rings (SSSR count). The first-order valence-electron chi connectivity index (χ1n) is 10.3. The van der Waals surface area contributed by atoms with Crippen LogP contribution in [0.25, 0.3) is 22.0 Å². The predicted molar refractivity (Wildman–Crippen MR) is 116 cm³/mol. The Morgan fingerprint density at radius 2 is 1.87 bits per heavy atom. The molecule has 1 fully saturated rings. The molecule has 2 aromatic carbocycles. The lowest BCUT2D eigenvalue weighted by Gasteiger charge is -2.33. The standard InChI is InChI=1S/C24H26N4O2/c1-24(2,3)30-23(29)28-11-9-17(10-12-28)21-20-14-18(16-7-5-4-6-8-16)13-19(15-25)22(20)27-26-21/h4-8,13-14,17H,9-12H2,1-3H3,(H,26,27). The first kappa shape index (κ1) is 20.0. The average Bonchev–Trinajstić information content (AvgIpc) is 3.16. The number of rotatable bonds is 2. The van der Waals surface area contributed by atoms with Gasteiger partial charge in [-0.25, -0.2) is 4.79 Å². The number of hydrogen-bond acceptors (Lipinski definition) is 4. The van der Waals surface area contributed by atoms with E-state index in [1.807, 2.05) is 57.2 Å². The van der Waals surface area contributed by atoms with Crippen LogP contribution in [0.4, 0.5) is 4.79 Å². The Bertz CT molecular complexity index is 1100. The lowest BCUT2D eigenvalue weighted by atomic mass is 9.90. The summed E-state index contributed by atoms with van der Waals surface area (Å²) in [7, 11) is 0. The maximum absolute atomic E-state index is 12.4. The first-order chi connectivity index (χ1) is 14.4. The molecule has 30 heavy (non-hydrogen) atoms. The molecule has 154 valence electrons. The number of nitrogens with zero attached hydrogens (tertiary/aromatic N) is 3. The van der Waals surface area contributed by atoms with E-state index in [2.05, 4.69) is 22.3 Å². The number of piperidine rings is 1. The van der Waals surface area contributed by atoms with Crippen molar-refractivity contribution in [1.29, 1.82) is 5.26 Å². The number of aromatic nitrogens is 2. The Kier molecular flexibility index (Phi) is 5.21. The second-order valence-electron chi connectivity index (χ2n) is 8.78. The highest BCUT2D eigenvalue weighted by molar-refractivity contribution is 5.91. The highest BCUT2D eigenvalue weighted by Gasteiger charge is 2.29. The average molecular weight is 402 g/mol. The minimum atomic E-state index is -0.491. The van der Waals surface area contributed by atoms with Gasteiger partial charge in [-0.3, -0.25) is 5.10 Å². The highest BCUT2D eigenvalue weighted by atomic mass is 16.6. The van der Waals surface area contributed by atoms with Crippen molar-refractivity contribution >= 4 is 17.0 Å². The first-order valence-corrected chi connectivity index (χ1v) is 10.3. The van der Waals surface area contributed by atoms with E-state index in [1.54, 1.807) is 4.90 Å². The fraction of sp³-hybridized carbons (Fsp3) is 0.375. The monoisotopic (exact) mass is 402 g/mol. The Morgan fingerprint density at radius 3 is 2.50 bits per heavy atom. The molecular weight excluding hydrogens is 376 g/mol. The minimum Gasteiger partial charge on any atom is -0.444 e. The summed E-state index contributed by atoms with van der Waals surface area (Å²) >= 11 is 0. The van der Waals surface area contributed by atoms with Crippen LogP contribution in [-0.2, 0) is 4.74 Å². The van der Waals surface area contributed by atoms with Gasteiger partial charge in [0, 0.05) is 30.1 Å². The largest absolute Gasteiger partial charge is 0.444 e. The summed E-state index contributed by atoms with van der Waals surface area (Å²) in [6.07, 6.45) is 1.40. The number of hydrogen-bond donors (Lipinski definition) is 1. The third-order valence-electron chi connectivity index (χ3n) is 5.47. The number of carbonyl (C=O) groups is 1. The van der Waals surface area contributed by atoms with E-state index in [0.717, 1.165) is 35.0 Å². The molecular formula is C24H26N4O2. The van der Waals surface area contributed by atoms with Crippen LogP contribution in [-0.4, -0.2) is 39.9 Å². The topological polar surface area (TPSA) is 82.0 Å². The molecule has 1 aromatic heterocycles. The summed E-state index contributed by atoms with van der Waals surface area (Å²) in [5.41, 5.74) is 3.91. The quantitative estimate of drug-likeness (QED) is 0.637. The third-order valence-corrected chi connectivity index (χ3v) is 5.47. The van der Waals surface area contributed by atoms with Crippen molar-refractivity contribution in [2.45, 2.75) is 45.1 Å². The van der Waals surface area contributed by atoms with E-state index in [1.165, 1.54) is 0 Å². The fourth-order valence-corrected chi connectivity index (χ4v) is 4.01. The van der Waals surface area contributed by atoms with Gasteiger partial charge in [0.2, 0.25) is 0 Å². The number of carbonyl (C=O) groups excluding carboxylic acids is 1. The molecule has 0 atom stereocenters. The van der Waals surface area contributed by atoms with E-state index in [-0.39, 0.29) is 12.0 Å². The summed E-state index contributed by atoms with van der Waals surface area (Å²) in [5.74, 6) is 0.256. The summed E-state index contributed by atoms with van der Waals surface area (Å²) in [4.78, 5) is 14.1. The maximum atomic E-state index is 12.4. The van der Waals surface area contributed by atoms with Gasteiger partial charge in [-0.05, 0) is 56.9 Å². The molecule has 1 saturated heterocycles. The summed E-state index contributed by atoms with van der Waals surface area (Å²) in [6, 6.07) is 16.4. The van der Waals surface area contributed by atoms with Crippen LogP contribution in [0, 0.1) is 11.3 Å². The van der Waals surface area contributed by atoms with Gasteiger partial charge < -0.3 is 9.64 Å². The van der Waals surface area contributed by atoms with Gasteiger partial charge in [-0.2, -0.15) is 10.4 Å². The van der Waals surface area contributed by atoms with Crippen molar-refractivity contribution in [3.63, 3.8) is 0 Å². The van der Waals surface area contributed by atoms with Crippen molar-refractivity contribution in [2.75, 3.05) is 13.1 Å². The van der Waals surface area contributed by atoms with Crippen LogP contribution in [0.5, 0.6) is 0 Å². The number of ether oxygens (including phenoxy) is 1. The zero-order chi connectivity index (χ0) is 21.3. The van der Waals surface area contributed by atoms with Crippen LogP contribution in [0.2, 0.25) is 0 Å². The van der Waals surface area contributed by atoms with Gasteiger partial charge in [0.1, 0.15) is 17.2 Å². The molecule has 0 spiro atoms. The Labute approximate surface area is 176 Å². The lowest BCUT2D eigenvalue weighted by Crippen LogP contribution is -2.41. The van der Waals surface area contributed by atoms with Crippen LogP contribution in [0.15, 0.2) is 42.5 Å². The molecule has 0 aliphatic carbocycles. The molecule has 3 aromatic rings. The molecule has 2 heterocycles. The van der Waals surface area contributed by atoms with Crippen LogP contribution in [0.1, 0.15) is 50.8 Å². The molecule has 0 saturated carbocycles. The number of aromatic amines is 1. The summed E-state index contributed by atoms with van der Waals surface area (Å²) < 4.78 is 5.50. The number of benzene rings is 2. The second-order valence-corrected chi connectivity index (χ2v) is 8.78. The minimum absolute atomic E-state index is 0.256. The van der Waals surface area contributed by atoms with E-state index in [9.17, 15) is 10.1 Å². The molecule has 6 nitrogen and oxygen atoms in total. The van der Waals surface area contributed by atoms with Crippen LogP contribution >= 0.6 is 0 Å². The summed E-state index contributed by atoms with van der Waals surface area (Å²) in [5, 5.41) is 18.3. The number of nitrogens with one attached hydrogen (secondary N) is 1. The smallest absolute Gasteiger partial charge is 0.410 e. The zero-order valence-electron chi connectivity index (χ0n) is 17.6. The van der Waals surface area contributed by atoms with Gasteiger partial charge in [0.05, 0.1) is 5.56 Å². The van der Waals surface area contributed by atoms with E-state index in [4.69, 9.17) is 4.74 Å². The summed E-state index contributed by atoms with van der Waals surface area (Å²) in [6.45, 7) is 6.93. The molecule has 1 amide bonds. The Hall–Kier alpha value is -3.33. The van der Waals surface area contributed by atoms with Gasteiger partial charge in [-0.15, -0.1) is 0 Å². The van der Waals surface area contributed by atoms with Gasteiger partial charge in [-0.1, -0.05) is 30.3 Å². The lowest BCUT2D eigenvalue weighted by molar-refractivity contribution is 0.0204. The maximum Gasteiger partial charge on any atom is 0.410 e. The van der Waals surface area contributed by atoms with Crippen molar-refractivity contribution < 1.29 is 9.53 Å². The van der Waals surface area contributed by atoms with Crippen LogP contribution in [0.3, 0.4) is 0 Å². The van der Waals surface area contributed by atoms with Crippen LogP contribution < -0.4 is 0 Å². The predicted octanol–water partition coefficient (Wildman–Crippen LogP) is 5.22. The molecule has 0 unspecified atom stereocenters. The number of amides is 1. The van der Waals surface area contributed by atoms with Gasteiger partial charge in [0.25, 0.3) is 0 Å². The Balaban J connectivity index is 1.60. The third kappa shape index (κ3) is 4.02. The second kappa shape index (κ2) is 7.83. The number of fused-ring (bicyclic) bond motifs is 1. The SMILES string of the molecule is CC(C)(C)OC(=O)N1CCC(c2[nH]nc3c(C#N)cc(-c4ccccc4)cc23)CC1. The zero-order valence-corrected chi connectivity index (χ0v) is 17.6. The molecule has 0 bridgehead atoms. The highest BCUT2D eigenvalue weighted by Crippen LogP contribution is 2.35. The van der Waals surface area contributed by atoms with E-state index in [0.29, 0.717) is 24.2 Å². The van der Waals surface area contributed by atoms with E-state index < -0.39 is 5.60 Å². The molecule has 1 aliphatic heterocycles. The van der Waals surface area contributed by atoms with Crippen molar-refractivity contribution in [3.05, 3.63) is 53.7 Å². The number of nitriles is 1. The number of likely N-dealkylation sites (tertiary alicyclic amines) is 1. The molecule has 0 radical (unpaired) electrons. The van der Waals surface area contributed by atoms with Gasteiger partial charge in [0.15, 0.2) is 0 Å². The van der Waals surface area contributed by atoms with Crippen molar-refractivity contribution in [2.24, 2.45) is 0 Å². The molecule has 1 N–H and O–H groups in total. The van der Waals surface area contributed by atoms with Crippen molar-refractivity contribution in [3.8, 4) is 17.2 Å². The normalized spacial score (nSPS) is 15.2. The Morgan fingerprint density at radius 1 is 1.17 bits per heavy atom. The molecule has 1 aliphatic rings. The fourth-order valence-electron chi connectivity index (χ4n) is 4.01. The van der Waals surface area contributed by atoms with Crippen molar-refractivity contribution in [1.82, 2.24) is 15.1 Å². The van der Waals surface area contributed by atoms with E-state index >= 15 is 0 Å². The van der Waals surface area contributed by atoms with Gasteiger partial charge >= 0.3 is 6.09 Å². The molecule has 6 heteroatoms.